The van der Waals surface area contributed by atoms with Crippen LogP contribution >= 0.6 is 31.9 Å². The Hall–Kier alpha value is -2.50. The zero-order valence-corrected chi connectivity index (χ0v) is 20.3. The van der Waals surface area contributed by atoms with Gasteiger partial charge in [0.05, 0.1) is 16.8 Å². The highest BCUT2D eigenvalue weighted by atomic mass is 79.9. The van der Waals surface area contributed by atoms with Crippen LogP contribution in [0.4, 0.5) is 5.69 Å². The molecule has 1 heterocycles. The van der Waals surface area contributed by atoms with E-state index in [9.17, 15) is 4.79 Å². The lowest BCUT2D eigenvalue weighted by Gasteiger charge is -2.12. The smallest absolute Gasteiger partial charge is 0.256 e. The maximum atomic E-state index is 13.2. The molecule has 0 radical (unpaired) electrons. The SMILES string of the molecule is CCCCc1ccc(-c2cc(C(=O)Nc3cccc(Br)c3)c3cc(Br)ccc3n2)cc1. The molecule has 0 unspecified atom stereocenters. The van der Waals surface area contributed by atoms with Crippen LogP contribution in [-0.4, -0.2) is 10.9 Å². The van der Waals surface area contributed by atoms with Crippen molar-refractivity contribution in [1.29, 1.82) is 0 Å². The molecule has 0 aliphatic rings. The summed E-state index contributed by atoms with van der Waals surface area (Å²) >= 11 is 6.97. The molecule has 31 heavy (non-hydrogen) atoms. The van der Waals surface area contributed by atoms with Gasteiger partial charge in [-0.2, -0.15) is 0 Å². The van der Waals surface area contributed by atoms with Gasteiger partial charge in [0.15, 0.2) is 0 Å². The van der Waals surface area contributed by atoms with Gasteiger partial charge in [0.2, 0.25) is 0 Å². The van der Waals surface area contributed by atoms with Gasteiger partial charge < -0.3 is 5.32 Å². The van der Waals surface area contributed by atoms with Crippen LogP contribution in [0.15, 0.2) is 81.7 Å². The summed E-state index contributed by atoms with van der Waals surface area (Å²) in [5, 5.41) is 3.82. The average Bonchev–Trinajstić information content (AvgIpc) is 2.77. The predicted molar refractivity (Wildman–Crippen MR) is 136 cm³/mol. The van der Waals surface area contributed by atoms with Crippen molar-refractivity contribution >= 4 is 54.4 Å². The van der Waals surface area contributed by atoms with Gasteiger partial charge in [-0.3, -0.25) is 4.79 Å². The number of carbonyl (C=O) groups excluding carboxylic acids is 1. The quantitative estimate of drug-likeness (QED) is 0.270. The van der Waals surface area contributed by atoms with Crippen LogP contribution < -0.4 is 5.32 Å². The van der Waals surface area contributed by atoms with Gasteiger partial charge in [0.25, 0.3) is 5.91 Å². The van der Waals surface area contributed by atoms with Crippen LogP contribution in [0.3, 0.4) is 0 Å². The van der Waals surface area contributed by atoms with Crippen LogP contribution in [0.5, 0.6) is 0 Å². The number of nitrogens with one attached hydrogen (secondary N) is 1. The Morgan fingerprint density at radius 2 is 1.71 bits per heavy atom. The Bertz CT molecular complexity index is 1240. The molecule has 0 spiro atoms. The van der Waals surface area contributed by atoms with E-state index in [0.717, 1.165) is 43.2 Å². The summed E-state index contributed by atoms with van der Waals surface area (Å²) in [4.78, 5) is 18.1. The summed E-state index contributed by atoms with van der Waals surface area (Å²) < 4.78 is 1.82. The van der Waals surface area contributed by atoms with Crippen LogP contribution in [0.25, 0.3) is 22.2 Å². The lowest BCUT2D eigenvalue weighted by Crippen LogP contribution is -2.13. The highest BCUT2D eigenvalue weighted by Crippen LogP contribution is 2.28. The van der Waals surface area contributed by atoms with Gasteiger partial charge in [-0.1, -0.05) is 75.5 Å². The fourth-order valence-electron chi connectivity index (χ4n) is 3.52. The second-order valence-electron chi connectivity index (χ2n) is 7.48. The van der Waals surface area contributed by atoms with Crippen LogP contribution in [0.2, 0.25) is 0 Å². The summed E-state index contributed by atoms with van der Waals surface area (Å²) in [7, 11) is 0. The number of fused-ring (bicyclic) bond motifs is 1. The number of pyridine rings is 1. The number of amides is 1. The summed E-state index contributed by atoms with van der Waals surface area (Å²) in [6, 6.07) is 23.8. The number of rotatable bonds is 6. The minimum Gasteiger partial charge on any atom is -0.322 e. The number of hydrogen-bond acceptors (Lipinski definition) is 2. The molecule has 3 nitrogen and oxygen atoms in total. The Kier molecular flexibility index (Phi) is 6.83. The van der Waals surface area contributed by atoms with Crippen molar-refractivity contribution in [2.24, 2.45) is 0 Å². The minimum absolute atomic E-state index is 0.163. The van der Waals surface area contributed by atoms with Gasteiger partial charge >= 0.3 is 0 Å². The third kappa shape index (κ3) is 5.23. The second-order valence-corrected chi connectivity index (χ2v) is 9.31. The van der Waals surface area contributed by atoms with E-state index in [4.69, 9.17) is 4.98 Å². The monoisotopic (exact) mass is 536 g/mol. The first-order valence-electron chi connectivity index (χ1n) is 10.3. The van der Waals surface area contributed by atoms with Gasteiger partial charge in [-0.15, -0.1) is 0 Å². The molecule has 4 aromatic rings. The zero-order valence-electron chi connectivity index (χ0n) is 17.2. The maximum absolute atomic E-state index is 13.2. The molecule has 1 amide bonds. The first-order chi connectivity index (χ1) is 15.0. The van der Waals surface area contributed by atoms with E-state index in [2.05, 4.69) is 68.4 Å². The topological polar surface area (TPSA) is 42.0 Å². The van der Waals surface area contributed by atoms with E-state index in [1.54, 1.807) is 0 Å². The van der Waals surface area contributed by atoms with Gasteiger partial charge in [-0.05, 0) is 60.9 Å². The van der Waals surface area contributed by atoms with Gasteiger partial charge in [-0.25, -0.2) is 4.98 Å². The third-order valence-corrected chi connectivity index (χ3v) is 6.15. The molecule has 0 aliphatic carbocycles. The molecule has 1 N–H and O–H groups in total. The van der Waals surface area contributed by atoms with Crippen LogP contribution in [-0.2, 0) is 6.42 Å². The fourth-order valence-corrected chi connectivity index (χ4v) is 4.28. The predicted octanol–water partition coefficient (Wildman–Crippen LogP) is 8.02. The molecule has 0 saturated heterocycles. The van der Waals surface area contributed by atoms with Crippen LogP contribution in [0.1, 0.15) is 35.7 Å². The number of nitrogens with zero attached hydrogens (tertiary/aromatic N) is 1. The minimum atomic E-state index is -0.163. The van der Waals surface area contributed by atoms with Gasteiger partial charge in [0.1, 0.15) is 0 Å². The van der Waals surface area contributed by atoms with Crippen molar-refractivity contribution in [3.63, 3.8) is 0 Å². The molecule has 0 bridgehead atoms. The molecule has 0 atom stereocenters. The summed E-state index contributed by atoms with van der Waals surface area (Å²) in [5.41, 5.74) is 5.23. The maximum Gasteiger partial charge on any atom is 0.256 e. The number of benzene rings is 3. The Labute approximate surface area is 199 Å². The molecule has 0 aliphatic heterocycles. The first-order valence-corrected chi connectivity index (χ1v) is 11.9. The Morgan fingerprint density at radius 3 is 2.45 bits per heavy atom. The van der Waals surface area contributed by atoms with Crippen molar-refractivity contribution in [3.8, 4) is 11.3 Å². The standard InChI is InChI=1S/C26H22Br2N2O/c1-2-3-5-17-8-10-18(11-9-17)25-16-23(22-15-20(28)12-13-24(22)30-25)26(31)29-21-7-4-6-19(27)14-21/h4,6-16H,2-3,5H2,1H3,(H,29,31). The van der Waals surface area contributed by atoms with Crippen molar-refractivity contribution in [2.45, 2.75) is 26.2 Å². The number of hydrogen-bond donors (Lipinski definition) is 1. The van der Waals surface area contributed by atoms with Crippen LogP contribution in [0, 0.1) is 0 Å². The van der Waals surface area contributed by atoms with E-state index in [-0.39, 0.29) is 5.91 Å². The average molecular weight is 538 g/mol. The molecule has 1 aromatic heterocycles. The van der Waals surface area contributed by atoms with E-state index in [1.165, 1.54) is 18.4 Å². The Balaban J connectivity index is 1.74. The number of aromatic nitrogens is 1. The molecular weight excluding hydrogens is 516 g/mol. The number of anilines is 1. The molecular formula is C26H22Br2N2O. The number of halogens is 2. The molecule has 156 valence electrons. The normalized spacial score (nSPS) is 10.9. The largest absolute Gasteiger partial charge is 0.322 e. The summed E-state index contributed by atoms with van der Waals surface area (Å²) in [6.45, 7) is 2.20. The van der Waals surface area contributed by atoms with E-state index >= 15 is 0 Å². The summed E-state index contributed by atoms with van der Waals surface area (Å²) in [5.74, 6) is -0.163. The summed E-state index contributed by atoms with van der Waals surface area (Å²) in [6.07, 6.45) is 3.44. The van der Waals surface area contributed by atoms with E-state index < -0.39 is 0 Å². The van der Waals surface area contributed by atoms with Gasteiger partial charge in [0, 0.05) is 25.6 Å². The number of aryl methyl sites for hydroxylation is 1. The van der Waals surface area contributed by atoms with Crippen molar-refractivity contribution < 1.29 is 4.79 Å². The number of carbonyl (C=O) groups is 1. The second kappa shape index (κ2) is 9.75. The molecule has 0 fully saturated rings. The lowest BCUT2D eigenvalue weighted by atomic mass is 10.0. The molecule has 5 heteroatoms. The zero-order chi connectivity index (χ0) is 21.8. The third-order valence-electron chi connectivity index (χ3n) is 5.17. The van der Waals surface area contributed by atoms with Crippen molar-refractivity contribution in [3.05, 3.63) is 92.9 Å². The Morgan fingerprint density at radius 1 is 0.935 bits per heavy atom. The lowest BCUT2D eigenvalue weighted by molar-refractivity contribution is 0.102. The van der Waals surface area contributed by atoms with E-state index in [0.29, 0.717) is 5.56 Å². The number of unbranched alkanes of at least 4 members (excludes halogenated alkanes) is 1. The first kappa shape index (κ1) is 21.7. The van der Waals surface area contributed by atoms with E-state index in [1.807, 2.05) is 48.5 Å². The fraction of sp³-hybridized carbons (Fsp3) is 0.154. The molecule has 3 aromatic carbocycles. The highest BCUT2D eigenvalue weighted by Gasteiger charge is 2.15. The highest BCUT2D eigenvalue weighted by molar-refractivity contribution is 9.10. The van der Waals surface area contributed by atoms with Crippen molar-refractivity contribution in [1.82, 2.24) is 4.98 Å². The molecule has 0 saturated carbocycles. The van der Waals surface area contributed by atoms with Crippen molar-refractivity contribution in [2.75, 3.05) is 5.32 Å². The molecule has 4 rings (SSSR count).